The van der Waals surface area contributed by atoms with Gasteiger partial charge in [-0.1, -0.05) is 37.3 Å². The van der Waals surface area contributed by atoms with Crippen LogP contribution in [0, 0.1) is 11.8 Å². The smallest absolute Gasteiger partial charge is 0.226 e. The first-order valence-electron chi connectivity index (χ1n) is 5.61. The number of likely N-dealkylation sites (tertiary alicyclic amines) is 1. The van der Waals surface area contributed by atoms with Crippen LogP contribution in [-0.4, -0.2) is 24.0 Å². The average molecular weight is 221 g/mol. The molecule has 0 unspecified atom stereocenters. The average Bonchev–Trinajstić information content (AvgIpc) is 2.58. The minimum absolute atomic E-state index is 0.0755. The van der Waals surface area contributed by atoms with Crippen molar-refractivity contribution in [2.24, 2.45) is 11.8 Å². The number of amides is 1. The van der Waals surface area contributed by atoms with Crippen molar-refractivity contribution in [2.45, 2.75) is 13.5 Å². The molecule has 16 heavy (non-hydrogen) atoms. The van der Waals surface area contributed by atoms with E-state index in [4.69, 9.17) is 0 Å². The molecule has 0 aliphatic carbocycles. The molecule has 0 aromatic heterocycles. The lowest BCUT2D eigenvalue weighted by Crippen LogP contribution is -2.26. The first-order chi connectivity index (χ1) is 7.72. The summed E-state index contributed by atoms with van der Waals surface area (Å²) in [5, 5.41) is 0. The standard InChI is InChI=1S/C13H16FNO/c1-10-12(7-14)9-15(13(10)16)8-11-5-3-2-4-6-11/h2-6,10,12H,7-9H2,1H3/t10-,12+/m0/s1. The van der Waals surface area contributed by atoms with Gasteiger partial charge in [-0.05, 0) is 5.56 Å². The van der Waals surface area contributed by atoms with Crippen LogP contribution in [0.25, 0.3) is 0 Å². The van der Waals surface area contributed by atoms with Crippen molar-refractivity contribution in [1.82, 2.24) is 4.90 Å². The first kappa shape index (κ1) is 11.1. The summed E-state index contributed by atoms with van der Waals surface area (Å²) >= 11 is 0. The summed E-state index contributed by atoms with van der Waals surface area (Å²) in [6, 6.07) is 9.82. The normalized spacial score (nSPS) is 25.1. The van der Waals surface area contributed by atoms with Gasteiger partial charge in [0.1, 0.15) is 0 Å². The molecule has 2 atom stereocenters. The van der Waals surface area contributed by atoms with Gasteiger partial charge in [0.25, 0.3) is 0 Å². The van der Waals surface area contributed by atoms with Gasteiger partial charge in [0, 0.05) is 24.9 Å². The van der Waals surface area contributed by atoms with Gasteiger partial charge in [-0.25, -0.2) is 0 Å². The van der Waals surface area contributed by atoms with Gasteiger partial charge < -0.3 is 4.90 Å². The Balaban J connectivity index is 2.04. The van der Waals surface area contributed by atoms with Crippen molar-refractivity contribution in [3.63, 3.8) is 0 Å². The van der Waals surface area contributed by atoms with E-state index in [-0.39, 0.29) is 17.7 Å². The molecule has 1 amide bonds. The number of carbonyl (C=O) groups is 1. The third-order valence-corrected chi connectivity index (χ3v) is 3.28. The van der Waals surface area contributed by atoms with Crippen LogP contribution in [0.2, 0.25) is 0 Å². The van der Waals surface area contributed by atoms with Crippen molar-refractivity contribution in [1.29, 1.82) is 0 Å². The molecule has 2 rings (SSSR count). The Hall–Kier alpha value is -1.38. The topological polar surface area (TPSA) is 20.3 Å². The Morgan fingerprint density at radius 2 is 2.06 bits per heavy atom. The molecule has 3 heteroatoms. The number of nitrogens with zero attached hydrogens (tertiary/aromatic N) is 1. The Labute approximate surface area is 95.1 Å². The monoisotopic (exact) mass is 221 g/mol. The van der Waals surface area contributed by atoms with Crippen LogP contribution in [-0.2, 0) is 11.3 Å². The quantitative estimate of drug-likeness (QED) is 0.766. The zero-order valence-corrected chi connectivity index (χ0v) is 9.40. The Kier molecular flexibility index (Phi) is 3.22. The molecule has 1 aromatic rings. The van der Waals surface area contributed by atoms with Crippen LogP contribution in [0.3, 0.4) is 0 Å². The molecule has 1 aliphatic heterocycles. The second-order valence-electron chi connectivity index (χ2n) is 4.41. The summed E-state index contributed by atoms with van der Waals surface area (Å²) in [4.78, 5) is 13.6. The van der Waals surface area contributed by atoms with Crippen LogP contribution >= 0.6 is 0 Å². The molecular formula is C13H16FNO. The second kappa shape index (κ2) is 4.64. The molecule has 1 fully saturated rings. The molecule has 1 aliphatic rings. The molecule has 0 N–H and O–H groups in total. The van der Waals surface area contributed by atoms with Crippen molar-refractivity contribution in [3.05, 3.63) is 35.9 Å². The van der Waals surface area contributed by atoms with Crippen LogP contribution < -0.4 is 0 Å². The lowest BCUT2D eigenvalue weighted by atomic mass is 10.00. The number of rotatable bonds is 3. The molecule has 0 spiro atoms. The summed E-state index contributed by atoms with van der Waals surface area (Å²) < 4.78 is 12.7. The van der Waals surface area contributed by atoms with Crippen LogP contribution in [0.15, 0.2) is 30.3 Å². The summed E-state index contributed by atoms with van der Waals surface area (Å²) in [6.07, 6.45) is 0. The number of halogens is 1. The van der Waals surface area contributed by atoms with Crippen molar-refractivity contribution >= 4 is 5.91 Å². The third-order valence-electron chi connectivity index (χ3n) is 3.28. The van der Waals surface area contributed by atoms with Gasteiger partial charge in [-0.2, -0.15) is 0 Å². The van der Waals surface area contributed by atoms with E-state index < -0.39 is 6.67 Å². The van der Waals surface area contributed by atoms with E-state index in [9.17, 15) is 9.18 Å². The summed E-state index contributed by atoms with van der Waals surface area (Å²) in [7, 11) is 0. The summed E-state index contributed by atoms with van der Waals surface area (Å²) in [5.41, 5.74) is 1.10. The minimum atomic E-state index is -0.405. The first-order valence-corrected chi connectivity index (χ1v) is 5.61. The second-order valence-corrected chi connectivity index (χ2v) is 4.41. The van der Waals surface area contributed by atoms with E-state index in [1.807, 2.05) is 37.3 Å². The van der Waals surface area contributed by atoms with Gasteiger partial charge >= 0.3 is 0 Å². The van der Waals surface area contributed by atoms with Crippen LogP contribution in [0.1, 0.15) is 12.5 Å². The SMILES string of the molecule is C[C@@H]1C(=O)N(Cc2ccccc2)C[C@H]1CF. The number of hydrogen-bond donors (Lipinski definition) is 0. The Morgan fingerprint density at radius 3 is 2.62 bits per heavy atom. The van der Waals surface area contributed by atoms with E-state index >= 15 is 0 Å². The predicted molar refractivity (Wildman–Crippen MR) is 60.5 cm³/mol. The van der Waals surface area contributed by atoms with E-state index in [0.29, 0.717) is 13.1 Å². The summed E-state index contributed by atoms with van der Waals surface area (Å²) in [6.45, 7) is 2.56. The van der Waals surface area contributed by atoms with Crippen molar-refractivity contribution in [3.8, 4) is 0 Å². The van der Waals surface area contributed by atoms with Gasteiger partial charge in [0.2, 0.25) is 5.91 Å². The predicted octanol–water partition coefficient (Wildman–Crippen LogP) is 2.25. The van der Waals surface area contributed by atoms with E-state index in [1.54, 1.807) is 4.90 Å². The molecule has 86 valence electrons. The highest BCUT2D eigenvalue weighted by Gasteiger charge is 2.36. The maximum atomic E-state index is 12.7. The molecule has 2 nitrogen and oxygen atoms in total. The highest BCUT2D eigenvalue weighted by Crippen LogP contribution is 2.26. The number of carbonyl (C=O) groups excluding carboxylic acids is 1. The minimum Gasteiger partial charge on any atom is -0.338 e. The Morgan fingerprint density at radius 1 is 1.38 bits per heavy atom. The number of benzene rings is 1. The highest BCUT2D eigenvalue weighted by molar-refractivity contribution is 5.81. The van der Waals surface area contributed by atoms with Gasteiger partial charge in [0.15, 0.2) is 0 Å². The molecule has 0 bridgehead atoms. The molecule has 1 saturated heterocycles. The maximum absolute atomic E-state index is 12.7. The van der Waals surface area contributed by atoms with Gasteiger partial charge in [-0.15, -0.1) is 0 Å². The third kappa shape index (κ3) is 2.08. The highest BCUT2D eigenvalue weighted by atomic mass is 19.1. The zero-order valence-electron chi connectivity index (χ0n) is 9.40. The number of alkyl halides is 1. The zero-order chi connectivity index (χ0) is 11.5. The molecule has 1 heterocycles. The molecule has 0 saturated carbocycles. The fourth-order valence-electron chi connectivity index (χ4n) is 2.15. The Bertz CT molecular complexity index is 365. The van der Waals surface area contributed by atoms with Crippen LogP contribution in [0.5, 0.6) is 0 Å². The van der Waals surface area contributed by atoms with E-state index in [1.165, 1.54) is 0 Å². The molecule has 0 radical (unpaired) electrons. The lowest BCUT2D eigenvalue weighted by Gasteiger charge is -2.16. The number of hydrogen-bond acceptors (Lipinski definition) is 1. The molecular weight excluding hydrogens is 205 g/mol. The van der Waals surface area contributed by atoms with Crippen LogP contribution in [0.4, 0.5) is 4.39 Å². The van der Waals surface area contributed by atoms with Crippen molar-refractivity contribution in [2.75, 3.05) is 13.2 Å². The fourth-order valence-corrected chi connectivity index (χ4v) is 2.15. The van der Waals surface area contributed by atoms with Gasteiger partial charge in [0.05, 0.1) is 6.67 Å². The van der Waals surface area contributed by atoms with Gasteiger partial charge in [-0.3, -0.25) is 9.18 Å². The maximum Gasteiger partial charge on any atom is 0.226 e. The largest absolute Gasteiger partial charge is 0.338 e. The summed E-state index contributed by atoms with van der Waals surface area (Å²) in [5.74, 6) is -0.226. The lowest BCUT2D eigenvalue weighted by molar-refractivity contribution is -0.131. The van der Waals surface area contributed by atoms with Crippen molar-refractivity contribution < 1.29 is 9.18 Å². The molecule has 1 aromatic carbocycles. The van der Waals surface area contributed by atoms with E-state index in [0.717, 1.165) is 5.56 Å². The fraction of sp³-hybridized carbons (Fsp3) is 0.462. The van der Waals surface area contributed by atoms with E-state index in [2.05, 4.69) is 0 Å².